The summed E-state index contributed by atoms with van der Waals surface area (Å²) >= 11 is 11.9. The topological polar surface area (TPSA) is 50.8 Å². The molecule has 5 nitrogen and oxygen atoms in total. The SMILES string of the molecule is COc1ccc([C@@H](CNC(=O)c2ccc(Cl)c(Cl)c2)N2CCOCC2)cc1. The second-order valence-electron chi connectivity index (χ2n) is 6.28. The maximum atomic E-state index is 12.6. The van der Waals surface area contributed by atoms with Gasteiger partial charge in [0, 0.05) is 25.2 Å². The third-order valence-corrected chi connectivity index (χ3v) is 5.36. The Labute approximate surface area is 169 Å². The first-order valence-corrected chi connectivity index (χ1v) is 9.53. The molecular formula is C20H22Cl2N2O3. The lowest BCUT2D eigenvalue weighted by molar-refractivity contribution is 0.0162. The quantitative estimate of drug-likeness (QED) is 0.789. The van der Waals surface area contributed by atoms with E-state index < -0.39 is 0 Å². The molecule has 0 aliphatic carbocycles. The van der Waals surface area contributed by atoms with Crippen molar-refractivity contribution in [2.75, 3.05) is 40.0 Å². The lowest BCUT2D eigenvalue weighted by Gasteiger charge is -2.35. The highest BCUT2D eigenvalue weighted by Gasteiger charge is 2.23. The van der Waals surface area contributed by atoms with Gasteiger partial charge in [0.15, 0.2) is 0 Å². The lowest BCUT2D eigenvalue weighted by Crippen LogP contribution is -2.43. The molecule has 2 aromatic rings. The summed E-state index contributed by atoms with van der Waals surface area (Å²) in [7, 11) is 1.64. The number of carbonyl (C=O) groups excluding carboxylic acids is 1. The van der Waals surface area contributed by atoms with Crippen molar-refractivity contribution in [3.8, 4) is 5.75 Å². The summed E-state index contributed by atoms with van der Waals surface area (Å²) in [6, 6.07) is 12.9. The van der Waals surface area contributed by atoms with Crippen LogP contribution in [0.1, 0.15) is 22.0 Å². The van der Waals surface area contributed by atoms with Crippen molar-refractivity contribution in [3.63, 3.8) is 0 Å². The zero-order valence-corrected chi connectivity index (χ0v) is 16.6. The van der Waals surface area contributed by atoms with Crippen LogP contribution < -0.4 is 10.1 Å². The second-order valence-corrected chi connectivity index (χ2v) is 7.09. The number of methoxy groups -OCH3 is 1. The van der Waals surface area contributed by atoms with Gasteiger partial charge in [-0.2, -0.15) is 0 Å². The summed E-state index contributed by atoms with van der Waals surface area (Å²) < 4.78 is 10.7. The Bertz CT molecular complexity index is 777. The van der Waals surface area contributed by atoms with Crippen LogP contribution in [0.4, 0.5) is 0 Å². The Balaban J connectivity index is 1.73. The molecule has 1 N–H and O–H groups in total. The molecule has 144 valence electrons. The molecule has 7 heteroatoms. The Kier molecular flexibility index (Phi) is 6.96. The van der Waals surface area contributed by atoms with Crippen LogP contribution >= 0.6 is 23.2 Å². The van der Waals surface area contributed by atoms with E-state index in [0.29, 0.717) is 35.4 Å². The minimum atomic E-state index is -0.180. The fourth-order valence-corrected chi connectivity index (χ4v) is 3.40. The van der Waals surface area contributed by atoms with Gasteiger partial charge in [-0.25, -0.2) is 0 Å². The van der Waals surface area contributed by atoms with Crippen LogP contribution in [0.25, 0.3) is 0 Å². The van der Waals surface area contributed by atoms with E-state index in [4.69, 9.17) is 32.7 Å². The first kappa shape index (κ1) is 20.0. The average Bonchev–Trinajstić information content (AvgIpc) is 2.71. The molecule has 1 aliphatic heterocycles. The largest absolute Gasteiger partial charge is 0.497 e. The smallest absolute Gasteiger partial charge is 0.251 e. The molecule has 27 heavy (non-hydrogen) atoms. The summed E-state index contributed by atoms with van der Waals surface area (Å²) in [6.07, 6.45) is 0. The molecule has 2 aromatic carbocycles. The van der Waals surface area contributed by atoms with Crippen molar-refractivity contribution < 1.29 is 14.3 Å². The molecule has 0 radical (unpaired) electrons. The number of nitrogens with one attached hydrogen (secondary N) is 1. The maximum absolute atomic E-state index is 12.6. The standard InChI is InChI=1S/C20H22Cl2N2O3/c1-26-16-5-2-14(3-6-16)19(24-8-10-27-11-9-24)13-23-20(25)15-4-7-17(21)18(22)12-15/h2-7,12,19H,8-11,13H2,1H3,(H,23,25)/t19-/m1/s1. The normalized spacial score (nSPS) is 16.0. The van der Waals surface area contributed by atoms with Gasteiger partial charge < -0.3 is 14.8 Å². The van der Waals surface area contributed by atoms with E-state index in [1.165, 1.54) is 0 Å². The Morgan fingerprint density at radius 2 is 1.85 bits per heavy atom. The Hall–Kier alpha value is -1.79. The van der Waals surface area contributed by atoms with Crippen molar-refractivity contribution in [3.05, 3.63) is 63.6 Å². The minimum absolute atomic E-state index is 0.0477. The third-order valence-electron chi connectivity index (χ3n) is 4.62. The lowest BCUT2D eigenvalue weighted by atomic mass is 10.0. The number of rotatable bonds is 6. The highest BCUT2D eigenvalue weighted by molar-refractivity contribution is 6.42. The second kappa shape index (κ2) is 9.42. The molecule has 1 fully saturated rings. The van der Waals surface area contributed by atoms with Gasteiger partial charge in [-0.05, 0) is 35.9 Å². The molecule has 0 aromatic heterocycles. The number of nitrogens with zero attached hydrogens (tertiary/aromatic N) is 1. The van der Waals surface area contributed by atoms with E-state index in [0.717, 1.165) is 24.4 Å². The van der Waals surface area contributed by atoms with Crippen molar-refractivity contribution in [2.45, 2.75) is 6.04 Å². The molecule has 0 bridgehead atoms. The van der Waals surface area contributed by atoms with Gasteiger partial charge in [-0.3, -0.25) is 9.69 Å². The molecule has 1 aliphatic rings. The van der Waals surface area contributed by atoms with Gasteiger partial charge >= 0.3 is 0 Å². The number of hydrogen-bond donors (Lipinski definition) is 1. The molecule has 3 rings (SSSR count). The van der Waals surface area contributed by atoms with E-state index in [1.54, 1.807) is 25.3 Å². The highest BCUT2D eigenvalue weighted by Crippen LogP contribution is 2.25. The predicted molar refractivity (Wildman–Crippen MR) is 107 cm³/mol. The molecule has 1 amide bonds. The molecule has 0 spiro atoms. The van der Waals surface area contributed by atoms with Gasteiger partial charge in [-0.1, -0.05) is 35.3 Å². The van der Waals surface area contributed by atoms with E-state index in [1.807, 2.05) is 24.3 Å². The highest BCUT2D eigenvalue weighted by atomic mass is 35.5. The first-order chi connectivity index (χ1) is 13.1. The number of halogens is 2. The molecule has 0 unspecified atom stereocenters. The van der Waals surface area contributed by atoms with Gasteiger partial charge in [0.2, 0.25) is 0 Å². The van der Waals surface area contributed by atoms with Crippen LogP contribution in [0.15, 0.2) is 42.5 Å². The summed E-state index contributed by atoms with van der Waals surface area (Å²) in [4.78, 5) is 14.9. The fourth-order valence-electron chi connectivity index (χ4n) is 3.10. The van der Waals surface area contributed by atoms with E-state index in [9.17, 15) is 4.79 Å². The molecule has 1 saturated heterocycles. The van der Waals surface area contributed by atoms with Crippen LogP contribution in [0.2, 0.25) is 10.0 Å². The molecule has 1 heterocycles. The van der Waals surface area contributed by atoms with E-state index in [-0.39, 0.29) is 11.9 Å². The van der Waals surface area contributed by atoms with Crippen molar-refractivity contribution >= 4 is 29.1 Å². The zero-order chi connectivity index (χ0) is 19.2. The minimum Gasteiger partial charge on any atom is -0.497 e. The average molecular weight is 409 g/mol. The summed E-state index contributed by atoms with van der Waals surface area (Å²) in [6.45, 7) is 3.49. The van der Waals surface area contributed by atoms with Gasteiger partial charge in [0.1, 0.15) is 5.75 Å². The number of hydrogen-bond acceptors (Lipinski definition) is 4. The summed E-state index contributed by atoms with van der Waals surface area (Å²) in [5.74, 6) is 0.625. The van der Waals surface area contributed by atoms with E-state index >= 15 is 0 Å². The Morgan fingerprint density at radius 3 is 2.48 bits per heavy atom. The summed E-state index contributed by atoms with van der Waals surface area (Å²) in [5, 5.41) is 3.81. The maximum Gasteiger partial charge on any atom is 0.251 e. The van der Waals surface area contributed by atoms with Crippen LogP contribution in [0.3, 0.4) is 0 Å². The first-order valence-electron chi connectivity index (χ1n) is 8.77. The molecular weight excluding hydrogens is 387 g/mol. The van der Waals surface area contributed by atoms with Crippen LogP contribution in [0.5, 0.6) is 5.75 Å². The fraction of sp³-hybridized carbons (Fsp3) is 0.350. The number of carbonyl (C=O) groups is 1. The monoisotopic (exact) mass is 408 g/mol. The van der Waals surface area contributed by atoms with Crippen LogP contribution in [-0.4, -0.2) is 50.8 Å². The number of amides is 1. The predicted octanol–water partition coefficient (Wildman–Crippen LogP) is 3.81. The molecule has 1 atom stereocenters. The number of ether oxygens (including phenoxy) is 2. The Morgan fingerprint density at radius 1 is 1.15 bits per heavy atom. The summed E-state index contributed by atoms with van der Waals surface area (Å²) in [5.41, 5.74) is 1.60. The van der Waals surface area contributed by atoms with Crippen LogP contribution in [-0.2, 0) is 4.74 Å². The van der Waals surface area contributed by atoms with Crippen LogP contribution in [0, 0.1) is 0 Å². The third kappa shape index (κ3) is 5.14. The van der Waals surface area contributed by atoms with Gasteiger partial charge in [-0.15, -0.1) is 0 Å². The number of benzene rings is 2. The van der Waals surface area contributed by atoms with Crippen molar-refractivity contribution in [1.82, 2.24) is 10.2 Å². The van der Waals surface area contributed by atoms with Gasteiger partial charge in [0.05, 0.1) is 36.4 Å². The van der Waals surface area contributed by atoms with Crippen molar-refractivity contribution in [1.29, 1.82) is 0 Å². The number of morpholine rings is 1. The van der Waals surface area contributed by atoms with E-state index in [2.05, 4.69) is 10.2 Å². The zero-order valence-electron chi connectivity index (χ0n) is 15.1. The molecule has 0 saturated carbocycles. The van der Waals surface area contributed by atoms with Crippen molar-refractivity contribution in [2.24, 2.45) is 0 Å². The van der Waals surface area contributed by atoms with Gasteiger partial charge in [0.25, 0.3) is 5.91 Å².